The zero-order valence-electron chi connectivity index (χ0n) is 19.9. The summed E-state index contributed by atoms with van der Waals surface area (Å²) in [6.07, 6.45) is 5.14. The number of ether oxygens (including phenoxy) is 2. The van der Waals surface area contributed by atoms with E-state index in [4.69, 9.17) is 25.4 Å². The van der Waals surface area contributed by atoms with E-state index in [1.165, 1.54) is 25.4 Å². The fraction of sp³-hybridized carbons (Fsp3) is 0.333. The maximum Gasteiger partial charge on any atom is 0.273 e. The number of furan rings is 1. The Kier molecular flexibility index (Phi) is 7.44. The molecule has 0 spiro atoms. The SMILES string of the molecule is COc1ccc(N(C(=O)c2snc(C(N)=O)c2N)[C@H](C(=O)NC2CCCC2)c2ccco2)c(OC)c1. The molecule has 2 heterocycles. The summed E-state index contributed by atoms with van der Waals surface area (Å²) in [5, 5.41) is 3.05. The Morgan fingerprint density at radius 3 is 2.53 bits per heavy atom. The quantitative estimate of drug-likeness (QED) is 0.393. The maximum atomic E-state index is 14.1. The molecule has 3 amide bonds. The predicted molar refractivity (Wildman–Crippen MR) is 133 cm³/mol. The van der Waals surface area contributed by atoms with Gasteiger partial charge in [-0.05, 0) is 48.6 Å². The summed E-state index contributed by atoms with van der Waals surface area (Å²) in [5.41, 5.74) is 11.3. The molecular weight excluding hydrogens is 486 g/mol. The highest BCUT2D eigenvalue weighted by Crippen LogP contribution is 2.40. The van der Waals surface area contributed by atoms with Gasteiger partial charge in [-0.2, -0.15) is 4.37 Å². The fourth-order valence-electron chi connectivity index (χ4n) is 4.26. The molecule has 1 fully saturated rings. The molecule has 1 aromatic carbocycles. The summed E-state index contributed by atoms with van der Waals surface area (Å²) in [7, 11) is 2.94. The van der Waals surface area contributed by atoms with E-state index >= 15 is 0 Å². The van der Waals surface area contributed by atoms with Gasteiger partial charge in [0.1, 0.15) is 22.1 Å². The zero-order chi connectivity index (χ0) is 25.8. The van der Waals surface area contributed by atoms with Crippen molar-refractivity contribution in [1.29, 1.82) is 0 Å². The third-order valence-corrected chi connectivity index (χ3v) is 6.89. The Balaban J connectivity index is 1.87. The lowest BCUT2D eigenvalue weighted by Gasteiger charge is -2.31. The first-order valence-electron chi connectivity index (χ1n) is 11.3. The average Bonchev–Trinajstić information content (AvgIpc) is 3.64. The number of carbonyl (C=O) groups excluding carboxylic acids is 3. The normalized spacial score (nSPS) is 14.3. The molecule has 0 unspecified atom stereocenters. The lowest BCUT2D eigenvalue weighted by atomic mass is 10.1. The van der Waals surface area contributed by atoms with Crippen LogP contribution in [-0.2, 0) is 4.79 Å². The van der Waals surface area contributed by atoms with Crippen LogP contribution in [0.15, 0.2) is 41.0 Å². The topological polar surface area (TPSA) is 163 Å². The van der Waals surface area contributed by atoms with Gasteiger partial charge < -0.3 is 30.7 Å². The van der Waals surface area contributed by atoms with Gasteiger partial charge in [0.2, 0.25) is 0 Å². The number of hydrogen-bond donors (Lipinski definition) is 3. The largest absolute Gasteiger partial charge is 0.497 e. The number of nitrogens with two attached hydrogens (primary N) is 2. The van der Waals surface area contributed by atoms with Gasteiger partial charge in [0.15, 0.2) is 11.7 Å². The molecule has 0 radical (unpaired) electrons. The average molecular weight is 514 g/mol. The van der Waals surface area contributed by atoms with Crippen molar-refractivity contribution in [2.75, 3.05) is 24.9 Å². The van der Waals surface area contributed by atoms with Crippen LogP contribution in [0.1, 0.15) is 57.6 Å². The van der Waals surface area contributed by atoms with E-state index in [1.54, 1.807) is 30.3 Å². The Bertz CT molecular complexity index is 1250. The van der Waals surface area contributed by atoms with Crippen molar-refractivity contribution in [2.24, 2.45) is 5.73 Å². The van der Waals surface area contributed by atoms with E-state index in [1.807, 2.05) is 0 Å². The minimum Gasteiger partial charge on any atom is -0.497 e. The number of anilines is 2. The van der Waals surface area contributed by atoms with Crippen LogP contribution >= 0.6 is 11.5 Å². The molecule has 4 rings (SSSR count). The highest BCUT2D eigenvalue weighted by molar-refractivity contribution is 7.09. The summed E-state index contributed by atoms with van der Waals surface area (Å²) in [6.45, 7) is 0. The molecule has 0 aliphatic heterocycles. The number of benzene rings is 1. The summed E-state index contributed by atoms with van der Waals surface area (Å²) < 4.78 is 20.4. The number of carbonyl (C=O) groups is 3. The maximum absolute atomic E-state index is 14.1. The molecule has 0 bridgehead atoms. The zero-order valence-corrected chi connectivity index (χ0v) is 20.7. The van der Waals surface area contributed by atoms with Gasteiger partial charge in [-0.15, -0.1) is 0 Å². The molecule has 1 atom stereocenters. The second-order valence-corrected chi connectivity index (χ2v) is 9.03. The van der Waals surface area contributed by atoms with Crippen molar-refractivity contribution in [2.45, 2.75) is 37.8 Å². The van der Waals surface area contributed by atoms with Crippen molar-refractivity contribution < 1.29 is 28.3 Å². The third kappa shape index (κ3) is 4.85. The molecule has 3 aromatic rings. The second kappa shape index (κ2) is 10.7. The molecule has 12 heteroatoms. The lowest BCUT2D eigenvalue weighted by Crippen LogP contribution is -2.46. The number of rotatable bonds is 9. The molecule has 1 aliphatic rings. The molecule has 5 N–H and O–H groups in total. The van der Waals surface area contributed by atoms with Gasteiger partial charge in [-0.1, -0.05) is 12.8 Å². The number of nitrogen functional groups attached to an aromatic ring is 1. The summed E-state index contributed by atoms with van der Waals surface area (Å²) in [5.74, 6) is -0.981. The Hall–Kier alpha value is -4.06. The van der Waals surface area contributed by atoms with E-state index in [2.05, 4.69) is 9.69 Å². The number of primary amides is 1. The van der Waals surface area contributed by atoms with E-state index in [-0.39, 0.29) is 39.5 Å². The molecule has 0 saturated heterocycles. The predicted octanol–water partition coefficient (Wildman–Crippen LogP) is 2.88. The Morgan fingerprint density at radius 2 is 1.94 bits per heavy atom. The Labute approximate surface area is 211 Å². The number of nitrogens with one attached hydrogen (secondary N) is 1. The third-order valence-electron chi connectivity index (χ3n) is 6.04. The van der Waals surface area contributed by atoms with Crippen molar-refractivity contribution in [3.63, 3.8) is 0 Å². The van der Waals surface area contributed by atoms with Crippen LogP contribution in [0.5, 0.6) is 11.5 Å². The first-order valence-corrected chi connectivity index (χ1v) is 12.1. The van der Waals surface area contributed by atoms with Crippen molar-refractivity contribution in [3.8, 4) is 11.5 Å². The highest BCUT2D eigenvalue weighted by Gasteiger charge is 2.39. The smallest absolute Gasteiger partial charge is 0.273 e. The van der Waals surface area contributed by atoms with Gasteiger partial charge in [0, 0.05) is 12.1 Å². The standard InChI is InChI=1S/C24H27N5O6S/c1-33-14-9-10-15(17(12-14)34-2)29(24(32)21-18(25)19(22(26)30)28-36-21)20(16-8-5-11-35-16)23(31)27-13-6-3-4-7-13/h5,8-13,20H,3-4,6-7,25H2,1-2H3,(H2,26,30)(H,27,31)/t20-/m0/s1. The van der Waals surface area contributed by atoms with Gasteiger partial charge in [0.25, 0.3) is 17.7 Å². The number of nitrogens with zero attached hydrogens (tertiary/aromatic N) is 2. The van der Waals surface area contributed by atoms with Gasteiger partial charge in [-0.25, -0.2) is 0 Å². The van der Waals surface area contributed by atoms with Crippen molar-refractivity contribution in [1.82, 2.24) is 9.69 Å². The lowest BCUT2D eigenvalue weighted by molar-refractivity contribution is -0.123. The fourth-order valence-corrected chi connectivity index (χ4v) is 5.00. The monoisotopic (exact) mass is 513 g/mol. The summed E-state index contributed by atoms with van der Waals surface area (Å²) >= 11 is 0.721. The first kappa shape index (κ1) is 25.0. The van der Waals surface area contributed by atoms with Crippen molar-refractivity contribution in [3.05, 3.63) is 52.9 Å². The first-order chi connectivity index (χ1) is 17.3. The molecular formula is C24H27N5O6S. The van der Waals surface area contributed by atoms with E-state index in [0.717, 1.165) is 37.2 Å². The number of amides is 3. The summed E-state index contributed by atoms with van der Waals surface area (Å²) in [4.78, 5) is 40.7. The van der Waals surface area contributed by atoms with Crippen LogP contribution in [0.3, 0.4) is 0 Å². The number of hydrogen-bond acceptors (Lipinski definition) is 9. The summed E-state index contributed by atoms with van der Waals surface area (Å²) in [6, 6.07) is 6.84. The van der Waals surface area contributed by atoms with Gasteiger partial charge in [-0.3, -0.25) is 19.3 Å². The van der Waals surface area contributed by atoms with Crippen LogP contribution in [-0.4, -0.2) is 42.4 Å². The van der Waals surface area contributed by atoms with E-state index < -0.39 is 23.8 Å². The minimum atomic E-state index is -1.21. The van der Waals surface area contributed by atoms with Gasteiger partial charge >= 0.3 is 0 Å². The van der Waals surface area contributed by atoms with Crippen LogP contribution in [0, 0.1) is 0 Å². The van der Waals surface area contributed by atoms with Crippen LogP contribution in [0.25, 0.3) is 0 Å². The van der Waals surface area contributed by atoms with E-state index in [0.29, 0.717) is 5.75 Å². The van der Waals surface area contributed by atoms with E-state index in [9.17, 15) is 14.4 Å². The van der Waals surface area contributed by atoms with Gasteiger partial charge in [0.05, 0.1) is 31.9 Å². The molecule has 190 valence electrons. The molecule has 2 aromatic heterocycles. The number of aromatic nitrogens is 1. The van der Waals surface area contributed by atoms with Crippen LogP contribution in [0.2, 0.25) is 0 Å². The van der Waals surface area contributed by atoms with Crippen molar-refractivity contribution >= 4 is 40.6 Å². The van der Waals surface area contributed by atoms with Crippen LogP contribution in [0.4, 0.5) is 11.4 Å². The Morgan fingerprint density at radius 1 is 1.19 bits per heavy atom. The molecule has 36 heavy (non-hydrogen) atoms. The molecule has 1 saturated carbocycles. The molecule has 11 nitrogen and oxygen atoms in total. The molecule has 1 aliphatic carbocycles. The second-order valence-electron chi connectivity index (χ2n) is 8.26. The number of methoxy groups -OCH3 is 2. The highest BCUT2D eigenvalue weighted by atomic mass is 32.1. The van der Waals surface area contributed by atoms with Crippen LogP contribution < -0.4 is 31.2 Å². The minimum absolute atomic E-state index is 0.0142.